The van der Waals surface area contributed by atoms with Gasteiger partial charge in [0.05, 0.1) is 22.5 Å². The maximum atomic E-state index is 12.7. The lowest BCUT2D eigenvalue weighted by Crippen LogP contribution is -2.33. The Bertz CT molecular complexity index is 1270. The van der Waals surface area contributed by atoms with E-state index < -0.39 is 17.5 Å². The molecular weight excluding hydrogens is 468 g/mol. The van der Waals surface area contributed by atoms with Gasteiger partial charge in [-0.25, -0.2) is 14.8 Å². The molecule has 5 rings (SSSR count). The number of aliphatic carboxylic acids is 1. The van der Waals surface area contributed by atoms with Crippen LogP contribution in [0.5, 0.6) is 0 Å². The highest BCUT2D eigenvalue weighted by Crippen LogP contribution is 2.48. The molecule has 37 heavy (non-hydrogen) atoms. The topological polar surface area (TPSA) is 105 Å². The van der Waals surface area contributed by atoms with Crippen LogP contribution in [0.2, 0.25) is 0 Å². The minimum Gasteiger partial charge on any atom is -0.481 e. The number of nitrogens with one attached hydrogen (secondary N) is 1. The number of aryl methyl sites for hydroxylation is 1. The fourth-order valence-electron chi connectivity index (χ4n) is 5.19. The number of amides is 1. The monoisotopic (exact) mass is 500 g/mol. The SMILES string of the molecule is Cc1ncnc(C2CCN(c3ccc(C4(C(=O)O)CC4)cc3)CC2)c1NC(=O)O[C@H](C)c1ccccc1. The number of rotatable bonds is 7. The summed E-state index contributed by atoms with van der Waals surface area (Å²) < 4.78 is 5.61. The summed E-state index contributed by atoms with van der Waals surface area (Å²) in [5.74, 6) is -0.551. The number of carboxylic acid groups (broad SMARTS) is 1. The molecule has 1 aliphatic carbocycles. The van der Waals surface area contributed by atoms with Crippen LogP contribution in [0, 0.1) is 6.92 Å². The third-order valence-corrected chi connectivity index (χ3v) is 7.67. The number of carbonyl (C=O) groups excluding carboxylic acids is 1. The van der Waals surface area contributed by atoms with Crippen molar-refractivity contribution in [1.29, 1.82) is 0 Å². The van der Waals surface area contributed by atoms with E-state index in [9.17, 15) is 14.7 Å². The molecular formula is C29H32N4O4. The summed E-state index contributed by atoms with van der Waals surface area (Å²) in [4.78, 5) is 35.5. The second kappa shape index (κ2) is 10.2. The third-order valence-electron chi connectivity index (χ3n) is 7.67. The van der Waals surface area contributed by atoms with Crippen LogP contribution in [-0.2, 0) is 14.9 Å². The Morgan fingerprint density at radius 1 is 1.05 bits per heavy atom. The Kier molecular flexibility index (Phi) is 6.82. The van der Waals surface area contributed by atoms with Gasteiger partial charge in [0.2, 0.25) is 0 Å². The van der Waals surface area contributed by atoms with E-state index in [2.05, 4.69) is 20.2 Å². The second-order valence-corrected chi connectivity index (χ2v) is 10.00. The highest BCUT2D eigenvalue weighted by Gasteiger charge is 2.51. The molecule has 0 radical (unpaired) electrons. The highest BCUT2D eigenvalue weighted by atomic mass is 16.6. The van der Waals surface area contributed by atoms with Gasteiger partial charge in [-0.05, 0) is 62.8 Å². The summed E-state index contributed by atoms with van der Waals surface area (Å²) in [5.41, 5.74) is 4.40. The zero-order chi connectivity index (χ0) is 26.0. The predicted molar refractivity (Wildman–Crippen MR) is 141 cm³/mol. The number of benzene rings is 2. The molecule has 1 saturated carbocycles. The van der Waals surface area contributed by atoms with E-state index in [0.717, 1.165) is 48.4 Å². The standard InChI is InChI=1S/C29H32N4O4/c1-19-25(32-28(36)37-20(2)21-6-4-3-5-7-21)26(31-18-30-19)22-12-16-33(17-13-22)24-10-8-23(9-11-24)29(14-15-29)27(34)35/h3-11,18,20,22H,12-17H2,1-2H3,(H,32,36)(H,34,35)/t20-/m1/s1. The molecule has 1 aliphatic heterocycles. The summed E-state index contributed by atoms with van der Waals surface area (Å²) in [5, 5.41) is 12.5. The van der Waals surface area contributed by atoms with E-state index in [0.29, 0.717) is 24.2 Å². The Hall–Kier alpha value is -3.94. The minimum atomic E-state index is -0.732. The van der Waals surface area contributed by atoms with Crippen LogP contribution >= 0.6 is 0 Å². The molecule has 2 N–H and O–H groups in total. The number of hydrogen-bond donors (Lipinski definition) is 2. The lowest BCUT2D eigenvalue weighted by molar-refractivity contribution is -0.140. The molecule has 8 heteroatoms. The molecule has 1 saturated heterocycles. The van der Waals surface area contributed by atoms with Crippen LogP contribution in [0.4, 0.5) is 16.2 Å². The number of carboxylic acids is 1. The van der Waals surface area contributed by atoms with E-state index in [4.69, 9.17) is 4.74 Å². The molecule has 2 fully saturated rings. The van der Waals surface area contributed by atoms with Gasteiger partial charge in [0.25, 0.3) is 0 Å². The van der Waals surface area contributed by atoms with Crippen molar-refractivity contribution in [3.63, 3.8) is 0 Å². The maximum absolute atomic E-state index is 12.7. The molecule has 0 unspecified atom stereocenters. The zero-order valence-electron chi connectivity index (χ0n) is 21.2. The van der Waals surface area contributed by atoms with E-state index in [1.54, 1.807) is 6.33 Å². The Morgan fingerprint density at radius 2 is 1.73 bits per heavy atom. The molecule has 1 atom stereocenters. The molecule has 0 bridgehead atoms. The van der Waals surface area contributed by atoms with Crippen molar-refractivity contribution in [2.45, 2.75) is 57.0 Å². The van der Waals surface area contributed by atoms with Gasteiger partial charge >= 0.3 is 12.1 Å². The molecule has 192 valence electrons. The number of piperidine rings is 1. The largest absolute Gasteiger partial charge is 0.481 e. The molecule has 3 aromatic rings. The second-order valence-electron chi connectivity index (χ2n) is 10.00. The normalized spacial score (nSPS) is 17.6. The number of ether oxygens (including phenoxy) is 1. The van der Waals surface area contributed by atoms with Crippen LogP contribution < -0.4 is 10.2 Å². The average Bonchev–Trinajstić information content (AvgIpc) is 3.73. The van der Waals surface area contributed by atoms with Gasteiger partial charge in [0, 0.05) is 24.7 Å². The Labute approximate surface area is 216 Å². The highest BCUT2D eigenvalue weighted by molar-refractivity contribution is 5.86. The van der Waals surface area contributed by atoms with Crippen molar-refractivity contribution in [2.24, 2.45) is 0 Å². The third kappa shape index (κ3) is 5.14. The van der Waals surface area contributed by atoms with E-state index in [1.807, 2.05) is 68.4 Å². The molecule has 2 heterocycles. The van der Waals surface area contributed by atoms with Crippen molar-refractivity contribution in [2.75, 3.05) is 23.3 Å². The number of nitrogens with zero attached hydrogens (tertiary/aromatic N) is 3. The molecule has 0 spiro atoms. The van der Waals surface area contributed by atoms with Crippen LogP contribution in [0.3, 0.4) is 0 Å². The molecule has 8 nitrogen and oxygen atoms in total. The van der Waals surface area contributed by atoms with Gasteiger partial charge in [-0.1, -0.05) is 42.5 Å². The molecule has 2 aliphatic rings. The van der Waals surface area contributed by atoms with Gasteiger partial charge in [-0.15, -0.1) is 0 Å². The number of aromatic nitrogens is 2. The lowest BCUT2D eigenvalue weighted by Gasteiger charge is -2.34. The fourth-order valence-corrected chi connectivity index (χ4v) is 5.19. The van der Waals surface area contributed by atoms with Crippen molar-refractivity contribution in [3.8, 4) is 0 Å². The first-order valence-corrected chi connectivity index (χ1v) is 12.8. The zero-order valence-corrected chi connectivity index (χ0v) is 21.2. The smallest absolute Gasteiger partial charge is 0.412 e. The van der Waals surface area contributed by atoms with E-state index in [-0.39, 0.29) is 12.0 Å². The Morgan fingerprint density at radius 3 is 2.35 bits per heavy atom. The van der Waals surface area contributed by atoms with Crippen LogP contribution in [-0.4, -0.2) is 40.2 Å². The first-order chi connectivity index (χ1) is 17.9. The molecule has 1 amide bonds. The van der Waals surface area contributed by atoms with Crippen molar-refractivity contribution < 1.29 is 19.4 Å². The average molecular weight is 501 g/mol. The van der Waals surface area contributed by atoms with Crippen molar-refractivity contribution >= 4 is 23.4 Å². The molecule has 2 aromatic carbocycles. The van der Waals surface area contributed by atoms with E-state index in [1.165, 1.54) is 0 Å². The predicted octanol–water partition coefficient (Wildman–Crippen LogP) is 5.59. The summed E-state index contributed by atoms with van der Waals surface area (Å²) in [6.45, 7) is 5.39. The van der Waals surface area contributed by atoms with Gasteiger partial charge in [-0.2, -0.15) is 0 Å². The molecule has 1 aromatic heterocycles. The number of carbonyl (C=O) groups is 2. The van der Waals surface area contributed by atoms with Crippen molar-refractivity contribution in [3.05, 3.63) is 83.4 Å². The summed E-state index contributed by atoms with van der Waals surface area (Å²) in [7, 11) is 0. The number of hydrogen-bond acceptors (Lipinski definition) is 6. The van der Waals surface area contributed by atoms with Crippen molar-refractivity contribution in [1.82, 2.24) is 9.97 Å². The van der Waals surface area contributed by atoms with Gasteiger partial charge in [0.1, 0.15) is 12.4 Å². The minimum absolute atomic E-state index is 0.181. The summed E-state index contributed by atoms with van der Waals surface area (Å²) >= 11 is 0. The first-order valence-electron chi connectivity index (χ1n) is 12.8. The summed E-state index contributed by atoms with van der Waals surface area (Å²) in [6.07, 6.45) is 3.82. The summed E-state index contributed by atoms with van der Waals surface area (Å²) in [6, 6.07) is 17.6. The maximum Gasteiger partial charge on any atom is 0.412 e. The number of anilines is 2. The fraction of sp³-hybridized carbons (Fsp3) is 0.379. The van der Waals surface area contributed by atoms with Crippen LogP contribution in [0.1, 0.15) is 67.1 Å². The quantitative estimate of drug-likeness (QED) is 0.435. The van der Waals surface area contributed by atoms with E-state index >= 15 is 0 Å². The first kappa shape index (κ1) is 24.7. The van der Waals surface area contributed by atoms with Crippen LogP contribution in [0.25, 0.3) is 0 Å². The van der Waals surface area contributed by atoms with Gasteiger partial charge in [-0.3, -0.25) is 10.1 Å². The lowest BCUT2D eigenvalue weighted by atomic mass is 9.91. The van der Waals surface area contributed by atoms with Gasteiger partial charge in [0.15, 0.2) is 0 Å². The van der Waals surface area contributed by atoms with Crippen LogP contribution in [0.15, 0.2) is 60.9 Å². The Balaban J connectivity index is 1.23. The van der Waals surface area contributed by atoms with Gasteiger partial charge < -0.3 is 14.7 Å².